The molecular weight excluding hydrogens is 350 g/mol. The highest BCUT2D eigenvalue weighted by Gasteiger charge is 2.23. The molecule has 1 aromatic carbocycles. The van der Waals surface area contributed by atoms with Crippen LogP contribution in [0.5, 0.6) is 11.5 Å². The summed E-state index contributed by atoms with van der Waals surface area (Å²) in [7, 11) is 1.89. The first kappa shape index (κ1) is 16.9. The first-order chi connectivity index (χ1) is 12.5. The van der Waals surface area contributed by atoms with Crippen LogP contribution < -0.4 is 14.8 Å². The van der Waals surface area contributed by atoms with Gasteiger partial charge in [-0.3, -0.25) is 9.48 Å². The molecule has 0 bridgehead atoms. The lowest BCUT2D eigenvalue weighted by molar-refractivity contribution is 0.103. The minimum Gasteiger partial charge on any atom is -0.492 e. The number of thiophene rings is 1. The SMILES string of the molecule is CCOc1cc2c(cc1NC(=O)c1cc3c(C)nn(C)c3s1)O[C@@H](C)C2. The third-order valence-electron chi connectivity index (χ3n) is 4.47. The molecule has 26 heavy (non-hydrogen) atoms. The van der Waals surface area contributed by atoms with Crippen LogP contribution in [0.2, 0.25) is 0 Å². The standard InChI is InChI=1S/C19H21N3O3S/c1-5-24-16-7-12-6-10(2)25-15(12)9-14(16)20-18(23)17-8-13-11(3)21-22(4)19(13)26-17/h7-10H,5-6H2,1-4H3,(H,20,23)/t10-/m0/s1. The van der Waals surface area contributed by atoms with E-state index >= 15 is 0 Å². The van der Waals surface area contributed by atoms with E-state index in [0.29, 0.717) is 22.9 Å². The minimum absolute atomic E-state index is 0.142. The molecule has 0 radical (unpaired) electrons. The van der Waals surface area contributed by atoms with Gasteiger partial charge in [0.25, 0.3) is 5.91 Å². The van der Waals surface area contributed by atoms with Crippen LogP contribution in [0.4, 0.5) is 5.69 Å². The lowest BCUT2D eigenvalue weighted by Gasteiger charge is -2.13. The molecule has 136 valence electrons. The first-order valence-corrected chi connectivity index (χ1v) is 9.48. The van der Waals surface area contributed by atoms with Gasteiger partial charge in [0.2, 0.25) is 0 Å². The van der Waals surface area contributed by atoms with Crippen LogP contribution in [-0.4, -0.2) is 28.4 Å². The molecule has 7 heteroatoms. The van der Waals surface area contributed by atoms with Crippen LogP contribution in [-0.2, 0) is 13.5 Å². The van der Waals surface area contributed by atoms with E-state index in [4.69, 9.17) is 9.47 Å². The van der Waals surface area contributed by atoms with Gasteiger partial charge in [0.05, 0.1) is 22.9 Å². The summed E-state index contributed by atoms with van der Waals surface area (Å²) in [6, 6.07) is 5.72. The fourth-order valence-electron chi connectivity index (χ4n) is 3.31. The van der Waals surface area contributed by atoms with E-state index in [0.717, 1.165) is 33.6 Å². The number of anilines is 1. The number of ether oxygens (including phenoxy) is 2. The van der Waals surface area contributed by atoms with Gasteiger partial charge >= 0.3 is 0 Å². The smallest absolute Gasteiger partial charge is 0.265 e. The van der Waals surface area contributed by atoms with Crippen molar-refractivity contribution in [3.63, 3.8) is 0 Å². The van der Waals surface area contributed by atoms with Gasteiger partial charge in [-0.25, -0.2) is 0 Å². The summed E-state index contributed by atoms with van der Waals surface area (Å²) in [5, 5.41) is 8.37. The lowest BCUT2D eigenvalue weighted by atomic mass is 10.1. The highest BCUT2D eigenvalue weighted by atomic mass is 32.1. The molecule has 1 N–H and O–H groups in total. The van der Waals surface area contributed by atoms with Crippen LogP contribution >= 0.6 is 11.3 Å². The fraction of sp³-hybridized carbons (Fsp3) is 0.368. The van der Waals surface area contributed by atoms with Gasteiger partial charge in [0.1, 0.15) is 22.4 Å². The Kier molecular flexibility index (Phi) is 4.11. The first-order valence-electron chi connectivity index (χ1n) is 8.67. The van der Waals surface area contributed by atoms with Crippen LogP contribution in [0, 0.1) is 6.92 Å². The highest BCUT2D eigenvalue weighted by Crippen LogP contribution is 2.38. The number of nitrogens with zero attached hydrogens (tertiary/aromatic N) is 2. The van der Waals surface area contributed by atoms with Gasteiger partial charge < -0.3 is 14.8 Å². The quantitative estimate of drug-likeness (QED) is 0.755. The van der Waals surface area contributed by atoms with Gasteiger partial charge in [-0.1, -0.05) is 0 Å². The summed E-state index contributed by atoms with van der Waals surface area (Å²) in [6.45, 7) is 6.45. The summed E-state index contributed by atoms with van der Waals surface area (Å²) >= 11 is 1.43. The number of rotatable bonds is 4. The Morgan fingerprint density at radius 3 is 3.00 bits per heavy atom. The Labute approximate surface area is 155 Å². The molecule has 1 atom stereocenters. The van der Waals surface area contributed by atoms with E-state index < -0.39 is 0 Å². The van der Waals surface area contributed by atoms with Crippen LogP contribution in [0.1, 0.15) is 34.8 Å². The number of aryl methyl sites for hydroxylation is 2. The molecule has 2 aromatic heterocycles. The van der Waals surface area contributed by atoms with Crippen molar-refractivity contribution in [1.29, 1.82) is 0 Å². The number of nitrogens with one attached hydrogen (secondary N) is 1. The van der Waals surface area contributed by atoms with Crippen molar-refractivity contribution in [2.24, 2.45) is 7.05 Å². The Hall–Kier alpha value is -2.54. The normalized spacial score (nSPS) is 15.8. The van der Waals surface area contributed by atoms with Crippen LogP contribution in [0.25, 0.3) is 10.2 Å². The monoisotopic (exact) mass is 371 g/mol. The maximum atomic E-state index is 12.8. The van der Waals surface area contributed by atoms with E-state index in [1.165, 1.54) is 11.3 Å². The van der Waals surface area contributed by atoms with Crippen molar-refractivity contribution < 1.29 is 14.3 Å². The van der Waals surface area contributed by atoms with E-state index in [2.05, 4.69) is 10.4 Å². The fourth-order valence-corrected chi connectivity index (χ4v) is 4.33. The molecule has 0 aliphatic carbocycles. The summed E-state index contributed by atoms with van der Waals surface area (Å²) in [4.78, 5) is 14.4. The molecule has 1 aliphatic heterocycles. The van der Waals surface area contributed by atoms with E-state index in [-0.39, 0.29) is 12.0 Å². The maximum absolute atomic E-state index is 12.8. The zero-order valence-electron chi connectivity index (χ0n) is 15.3. The minimum atomic E-state index is -0.155. The second kappa shape index (κ2) is 6.32. The third kappa shape index (κ3) is 2.82. The van der Waals surface area contributed by atoms with Crippen molar-refractivity contribution in [3.8, 4) is 11.5 Å². The molecule has 0 fully saturated rings. The maximum Gasteiger partial charge on any atom is 0.265 e. The molecule has 3 aromatic rings. The zero-order valence-corrected chi connectivity index (χ0v) is 16.1. The number of hydrogen-bond donors (Lipinski definition) is 1. The van der Waals surface area contributed by atoms with Crippen molar-refractivity contribution in [1.82, 2.24) is 9.78 Å². The largest absolute Gasteiger partial charge is 0.492 e. The number of carbonyl (C=O) groups excluding carboxylic acids is 1. The van der Waals surface area contributed by atoms with Gasteiger partial charge in [0, 0.05) is 30.5 Å². The second-order valence-electron chi connectivity index (χ2n) is 6.51. The predicted octanol–water partition coefficient (Wildman–Crippen LogP) is 3.92. The Bertz CT molecular complexity index is 971. The average Bonchev–Trinajstić information content (AvgIpc) is 3.24. The molecular formula is C19H21N3O3S. The molecule has 4 rings (SSSR count). The number of carbonyl (C=O) groups is 1. The van der Waals surface area contributed by atoms with Gasteiger partial charge in [-0.2, -0.15) is 5.10 Å². The lowest BCUT2D eigenvalue weighted by Crippen LogP contribution is -2.12. The molecule has 0 spiro atoms. The van der Waals surface area contributed by atoms with Crippen LogP contribution in [0.15, 0.2) is 18.2 Å². The number of benzene rings is 1. The predicted molar refractivity (Wildman–Crippen MR) is 103 cm³/mol. The van der Waals surface area contributed by atoms with E-state index in [1.54, 1.807) is 0 Å². The average molecular weight is 371 g/mol. The van der Waals surface area contributed by atoms with Crippen LogP contribution in [0.3, 0.4) is 0 Å². The zero-order chi connectivity index (χ0) is 18.4. The Balaban J connectivity index is 1.66. The third-order valence-corrected chi connectivity index (χ3v) is 5.67. The van der Waals surface area contributed by atoms with Gasteiger partial charge in [-0.05, 0) is 32.9 Å². The van der Waals surface area contributed by atoms with E-state index in [1.807, 2.05) is 50.7 Å². The van der Waals surface area contributed by atoms with Gasteiger partial charge in [0.15, 0.2) is 0 Å². The molecule has 0 saturated carbocycles. The molecule has 1 aliphatic rings. The summed E-state index contributed by atoms with van der Waals surface area (Å²) in [5.74, 6) is 1.33. The molecule has 1 amide bonds. The van der Waals surface area contributed by atoms with Crippen molar-refractivity contribution >= 4 is 33.1 Å². The summed E-state index contributed by atoms with van der Waals surface area (Å²) in [6.07, 6.45) is 0.996. The number of fused-ring (bicyclic) bond motifs is 2. The molecule has 0 saturated heterocycles. The summed E-state index contributed by atoms with van der Waals surface area (Å²) in [5.41, 5.74) is 2.67. The van der Waals surface area contributed by atoms with Crippen molar-refractivity contribution in [2.45, 2.75) is 33.3 Å². The van der Waals surface area contributed by atoms with Crippen molar-refractivity contribution in [3.05, 3.63) is 34.3 Å². The highest BCUT2D eigenvalue weighted by molar-refractivity contribution is 7.20. The second-order valence-corrected chi connectivity index (χ2v) is 7.54. The van der Waals surface area contributed by atoms with Crippen molar-refractivity contribution in [2.75, 3.05) is 11.9 Å². The number of amides is 1. The molecule has 3 heterocycles. The van der Waals surface area contributed by atoms with E-state index in [9.17, 15) is 4.79 Å². The van der Waals surface area contributed by atoms with Gasteiger partial charge in [-0.15, -0.1) is 11.3 Å². The Morgan fingerprint density at radius 2 is 2.27 bits per heavy atom. The molecule has 6 nitrogen and oxygen atoms in total. The topological polar surface area (TPSA) is 65.4 Å². The molecule has 0 unspecified atom stereocenters. The Morgan fingerprint density at radius 1 is 1.46 bits per heavy atom. The number of aromatic nitrogens is 2. The summed E-state index contributed by atoms with van der Waals surface area (Å²) < 4.78 is 13.4. The number of hydrogen-bond acceptors (Lipinski definition) is 5.